The van der Waals surface area contributed by atoms with E-state index in [0.29, 0.717) is 26.0 Å². The van der Waals surface area contributed by atoms with E-state index in [4.69, 9.17) is 9.72 Å². The number of benzene rings is 4. The Kier molecular flexibility index (Phi) is 7.16. The maximum atomic E-state index is 12.3. The maximum Gasteiger partial charge on any atom is 0.220 e. The molecule has 174 valence electrons. The van der Waals surface area contributed by atoms with Gasteiger partial charge in [-0.3, -0.25) is 4.79 Å². The van der Waals surface area contributed by atoms with Crippen LogP contribution in [0.4, 0.5) is 0 Å². The van der Waals surface area contributed by atoms with Gasteiger partial charge in [0.2, 0.25) is 5.91 Å². The van der Waals surface area contributed by atoms with Crippen molar-refractivity contribution in [3.63, 3.8) is 0 Å². The van der Waals surface area contributed by atoms with E-state index in [2.05, 4.69) is 53.2 Å². The molecule has 4 nitrogen and oxygen atoms in total. The zero-order valence-corrected chi connectivity index (χ0v) is 20.1. The van der Waals surface area contributed by atoms with Gasteiger partial charge in [-0.1, -0.05) is 84.9 Å². The number of aromatic nitrogens is 1. The average Bonchev–Trinajstić information content (AvgIpc) is 3.41. The summed E-state index contributed by atoms with van der Waals surface area (Å²) in [6.07, 6.45) is 1.11. The Balaban J connectivity index is 1.06. The number of nitrogens with one attached hydrogen (secondary N) is 1. The van der Waals surface area contributed by atoms with Crippen molar-refractivity contribution >= 4 is 28.0 Å². The van der Waals surface area contributed by atoms with Crippen molar-refractivity contribution in [3.05, 3.63) is 108 Å². The van der Waals surface area contributed by atoms with Gasteiger partial charge in [0.25, 0.3) is 0 Å². The van der Waals surface area contributed by atoms with E-state index < -0.39 is 0 Å². The fourth-order valence-electron chi connectivity index (χ4n) is 3.88. The molecule has 4 aromatic carbocycles. The largest absolute Gasteiger partial charge is 0.494 e. The summed E-state index contributed by atoms with van der Waals surface area (Å²) in [6, 6.07) is 32.7. The van der Waals surface area contributed by atoms with Crippen molar-refractivity contribution in [2.75, 3.05) is 6.61 Å². The van der Waals surface area contributed by atoms with Crippen LogP contribution in [0, 0.1) is 0 Å². The second-order valence-electron chi connectivity index (χ2n) is 8.34. The number of amides is 1. The molecule has 0 spiro atoms. The van der Waals surface area contributed by atoms with Gasteiger partial charge in [-0.05, 0) is 34.9 Å². The Morgan fingerprint density at radius 3 is 2.43 bits per heavy atom. The average molecular weight is 479 g/mol. The summed E-state index contributed by atoms with van der Waals surface area (Å²) < 4.78 is 5.83. The summed E-state index contributed by atoms with van der Waals surface area (Å²) in [6.45, 7) is 1.02. The van der Waals surface area contributed by atoms with Crippen molar-refractivity contribution in [2.24, 2.45) is 0 Å². The molecule has 1 N–H and O–H groups in total. The fourth-order valence-corrected chi connectivity index (χ4v) is 4.72. The van der Waals surface area contributed by atoms with E-state index in [0.717, 1.165) is 38.5 Å². The quantitative estimate of drug-likeness (QED) is 0.230. The molecule has 5 rings (SSSR count). The third-order valence-corrected chi connectivity index (χ3v) is 6.69. The van der Waals surface area contributed by atoms with Crippen LogP contribution in [0.3, 0.4) is 0 Å². The van der Waals surface area contributed by atoms with Gasteiger partial charge in [0, 0.05) is 29.5 Å². The van der Waals surface area contributed by atoms with E-state index in [-0.39, 0.29) is 5.91 Å². The zero-order chi connectivity index (χ0) is 23.9. The highest BCUT2D eigenvalue weighted by Gasteiger charge is 2.07. The number of carbonyl (C=O) groups excluding carboxylic acids is 1. The third-order valence-electron chi connectivity index (χ3n) is 5.80. The molecule has 1 heterocycles. The first kappa shape index (κ1) is 22.8. The molecule has 0 aliphatic rings. The molecule has 0 radical (unpaired) electrons. The summed E-state index contributed by atoms with van der Waals surface area (Å²) in [5.74, 6) is 0.865. The minimum atomic E-state index is 0.0311. The molecular weight excluding hydrogens is 452 g/mol. The van der Waals surface area contributed by atoms with Crippen LogP contribution in [0.2, 0.25) is 0 Å². The number of carbonyl (C=O) groups is 1. The van der Waals surface area contributed by atoms with Crippen LogP contribution in [0.15, 0.2) is 102 Å². The first-order valence-corrected chi connectivity index (χ1v) is 12.6. The first-order chi connectivity index (χ1) is 17.2. The van der Waals surface area contributed by atoms with Crippen molar-refractivity contribution in [2.45, 2.75) is 19.4 Å². The number of nitrogens with zero attached hydrogens (tertiary/aromatic N) is 1. The molecule has 1 amide bonds. The van der Waals surface area contributed by atoms with Gasteiger partial charge in [-0.15, -0.1) is 11.3 Å². The summed E-state index contributed by atoms with van der Waals surface area (Å²) in [5.41, 5.74) is 4.26. The molecule has 0 saturated carbocycles. The predicted octanol–water partition coefficient (Wildman–Crippen LogP) is 7.11. The number of hydrogen-bond acceptors (Lipinski definition) is 4. The van der Waals surface area contributed by atoms with Crippen LogP contribution < -0.4 is 10.1 Å². The molecule has 0 saturated heterocycles. The Morgan fingerprint density at radius 1 is 0.829 bits per heavy atom. The lowest BCUT2D eigenvalue weighted by atomic mass is 10.1. The van der Waals surface area contributed by atoms with Gasteiger partial charge in [-0.25, -0.2) is 4.98 Å². The van der Waals surface area contributed by atoms with Crippen LogP contribution in [-0.2, 0) is 11.3 Å². The van der Waals surface area contributed by atoms with Gasteiger partial charge in [0.05, 0.1) is 12.3 Å². The molecule has 5 heteroatoms. The lowest BCUT2D eigenvalue weighted by Crippen LogP contribution is -2.22. The van der Waals surface area contributed by atoms with Crippen LogP contribution in [-0.4, -0.2) is 17.5 Å². The van der Waals surface area contributed by atoms with E-state index in [1.807, 2.05) is 54.6 Å². The van der Waals surface area contributed by atoms with Gasteiger partial charge in [-0.2, -0.15) is 0 Å². The molecule has 0 unspecified atom stereocenters. The highest BCUT2D eigenvalue weighted by molar-refractivity contribution is 7.13. The van der Waals surface area contributed by atoms with Crippen molar-refractivity contribution in [1.82, 2.24) is 10.3 Å². The van der Waals surface area contributed by atoms with Crippen LogP contribution >= 0.6 is 11.3 Å². The Morgan fingerprint density at radius 2 is 1.60 bits per heavy atom. The van der Waals surface area contributed by atoms with Crippen molar-refractivity contribution in [1.29, 1.82) is 0 Å². The number of rotatable bonds is 9. The number of fused-ring (bicyclic) bond motifs is 1. The molecule has 0 atom stereocenters. The minimum absolute atomic E-state index is 0.0311. The molecule has 0 bridgehead atoms. The Labute approximate surface area is 209 Å². The number of hydrogen-bond donors (Lipinski definition) is 1. The van der Waals surface area contributed by atoms with Gasteiger partial charge < -0.3 is 10.1 Å². The first-order valence-electron chi connectivity index (χ1n) is 11.7. The van der Waals surface area contributed by atoms with E-state index in [1.165, 1.54) is 5.39 Å². The summed E-state index contributed by atoms with van der Waals surface area (Å²) in [5, 5.41) is 8.42. The fraction of sp³-hybridized carbons (Fsp3) is 0.133. The van der Waals surface area contributed by atoms with E-state index in [9.17, 15) is 4.79 Å². The second-order valence-corrected chi connectivity index (χ2v) is 9.20. The second kappa shape index (κ2) is 11.0. The maximum absolute atomic E-state index is 12.3. The van der Waals surface area contributed by atoms with Crippen LogP contribution in [0.25, 0.3) is 32.6 Å². The lowest BCUT2D eigenvalue weighted by Gasteiger charge is -2.08. The normalized spacial score (nSPS) is 10.9. The number of thiazole rings is 1. The van der Waals surface area contributed by atoms with Crippen LogP contribution in [0.1, 0.15) is 18.4 Å². The van der Waals surface area contributed by atoms with Gasteiger partial charge >= 0.3 is 0 Å². The van der Waals surface area contributed by atoms with Crippen molar-refractivity contribution in [3.8, 4) is 27.6 Å². The topological polar surface area (TPSA) is 51.2 Å². The van der Waals surface area contributed by atoms with E-state index >= 15 is 0 Å². The zero-order valence-electron chi connectivity index (χ0n) is 19.3. The monoisotopic (exact) mass is 478 g/mol. The van der Waals surface area contributed by atoms with Crippen LogP contribution in [0.5, 0.6) is 5.75 Å². The molecule has 1 aromatic heterocycles. The van der Waals surface area contributed by atoms with Gasteiger partial charge in [0.15, 0.2) is 0 Å². The summed E-state index contributed by atoms with van der Waals surface area (Å²) >= 11 is 1.64. The van der Waals surface area contributed by atoms with Gasteiger partial charge in [0.1, 0.15) is 10.8 Å². The minimum Gasteiger partial charge on any atom is -0.494 e. The highest BCUT2D eigenvalue weighted by Crippen LogP contribution is 2.29. The predicted molar refractivity (Wildman–Crippen MR) is 144 cm³/mol. The molecule has 0 aliphatic carbocycles. The Hall–Kier alpha value is -3.96. The Bertz CT molecular complexity index is 1410. The molecule has 0 aliphatic heterocycles. The smallest absolute Gasteiger partial charge is 0.220 e. The highest BCUT2D eigenvalue weighted by atomic mass is 32.1. The summed E-state index contributed by atoms with van der Waals surface area (Å²) in [7, 11) is 0. The molecule has 0 fully saturated rings. The number of ether oxygens (including phenoxy) is 1. The van der Waals surface area contributed by atoms with Crippen molar-refractivity contribution < 1.29 is 9.53 Å². The standard InChI is InChI=1S/C30H26N2O2S/c33-29(11-6-18-34-27-17-16-23-7-4-5-10-26(23)19-27)31-20-22-12-14-25(15-13-22)30-32-28(21-35-30)24-8-2-1-3-9-24/h1-5,7-10,12-17,19,21H,6,11,18,20H2,(H,31,33). The molecule has 35 heavy (non-hydrogen) atoms. The molecular formula is C30H26N2O2S. The third kappa shape index (κ3) is 5.94. The lowest BCUT2D eigenvalue weighted by molar-refractivity contribution is -0.121. The summed E-state index contributed by atoms with van der Waals surface area (Å²) in [4.78, 5) is 17.0. The molecule has 5 aromatic rings. The van der Waals surface area contributed by atoms with E-state index in [1.54, 1.807) is 11.3 Å². The SMILES string of the molecule is O=C(CCCOc1ccc2ccccc2c1)NCc1ccc(-c2nc(-c3ccccc3)cs2)cc1.